The zero-order valence-corrected chi connectivity index (χ0v) is 13.1. The van der Waals surface area contributed by atoms with Crippen molar-refractivity contribution >= 4 is 5.91 Å². The lowest BCUT2D eigenvalue weighted by molar-refractivity contribution is -0.135. The van der Waals surface area contributed by atoms with Gasteiger partial charge in [-0.25, -0.2) is 0 Å². The molecule has 2 N–H and O–H groups in total. The Morgan fingerprint density at radius 1 is 1.05 bits per heavy atom. The lowest BCUT2D eigenvalue weighted by atomic mass is 9.92. The van der Waals surface area contributed by atoms with Crippen LogP contribution in [0.4, 0.5) is 0 Å². The summed E-state index contributed by atoms with van der Waals surface area (Å²) in [7, 11) is 0. The van der Waals surface area contributed by atoms with Crippen LogP contribution in [0.2, 0.25) is 0 Å². The van der Waals surface area contributed by atoms with E-state index in [2.05, 4.69) is 28.5 Å². The van der Waals surface area contributed by atoms with Gasteiger partial charge in [0.25, 0.3) is 0 Å². The molecule has 2 atom stereocenters. The van der Waals surface area contributed by atoms with Crippen LogP contribution in [-0.4, -0.2) is 79.5 Å². The number of nitrogens with zero attached hydrogens (tertiary/aromatic N) is 3. The Morgan fingerprint density at radius 3 is 2.15 bits per heavy atom. The smallest absolute Gasteiger partial charge is 0.236 e. The maximum Gasteiger partial charge on any atom is 0.236 e. The number of piperazine rings is 1. The number of carbonyl (C=O) groups is 1. The van der Waals surface area contributed by atoms with E-state index in [1.165, 1.54) is 6.42 Å². The normalized spacial score (nSPS) is 29.6. The molecular weight excluding hydrogens is 252 g/mol. The fourth-order valence-corrected chi connectivity index (χ4v) is 3.51. The average molecular weight is 282 g/mol. The first-order valence-electron chi connectivity index (χ1n) is 8.01. The molecule has 116 valence electrons. The van der Waals surface area contributed by atoms with Gasteiger partial charge in [-0.1, -0.05) is 13.8 Å². The summed E-state index contributed by atoms with van der Waals surface area (Å²) in [5, 5.41) is 0. The van der Waals surface area contributed by atoms with Gasteiger partial charge in [0.1, 0.15) is 0 Å². The first-order chi connectivity index (χ1) is 9.58. The van der Waals surface area contributed by atoms with E-state index in [4.69, 9.17) is 5.73 Å². The van der Waals surface area contributed by atoms with Crippen molar-refractivity contribution in [2.75, 3.05) is 58.9 Å². The maximum absolute atomic E-state index is 12.4. The molecule has 5 nitrogen and oxygen atoms in total. The highest BCUT2D eigenvalue weighted by atomic mass is 16.2. The fraction of sp³-hybridized carbons (Fsp3) is 0.933. The van der Waals surface area contributed by atoms with Gasteiger partial charge in [0.15, 0.2) is 0 Å². The summed E-state index contributed by atoms with van der Waals surface area (Å²) < 4.78 is 0. The summed E-state index contributed by atoms with van der Waals surface area (Å²) in [6.07, 6.45) is 1.25. The fourth-order valence-electron chi connectivity index (χ4n) is 3.51. The number of nitrogens with two attached hydrogens (primary N) is 1. The van der Waals surface area contributed by atoms with Crippen molar-refractivity contribution < 1.29 is 4.79 Å². The minimum atomic E-state index is 0.315. The molecule has 1 amide bonds. The van der Waals surface area contributed by atoms with Gasteiger partial charge >= 0.3 is 0 Å². The van der Waals surface area contributed by atoms with Gasteiger partial charge in [0.2, 0.25) is 5.91 Å². The molecule has 2 heterocycles. The number of amides is 1. The molecule has 2 aliphatic rings. The third-order valence-corrected chi connectivity index (χ3v) is 4.49. The van der Waals surface area contributed by atoms with Crippen molar-refractivity contribution in [3.8, 4) is 0 Å². The summed E-state index contributed by atoms with van der Waals surface area (Å²) in [5.41, 5.74) is 5.58. The van der Waals surface area contributed by atoms with Crippen LogP contribution in [-0.2, 0) is 4.79 Å². The Morgan fingerprint density at radius 2 is 1.60 bits per heavy atom. The molecule has 2 aliphatic heterocycles. The number of carbonyl (C=O) groups excluding carboxylic acids is 1. The standard InChI is InChI=1S/C15H30N4O/c1-13-9-14(2)11-19(10-13)15(20)12-18-7-5-17(4-3-16)6-8-18/h13-14H,3-12,16H2,1-2H3. The molecular formula is C15H30N4O. The highest BCUT2D eigenvalue weighted by molar-refractivity contribution is 5.78. The predicted octanol–water partition coefficient (Wildman–Crippen LogP) is 0.0672. The molecule has 0 aromatic heterocycles. The van der Waals surface area contributed by atoms with Gasteiger partial charge in [0, 0.05) is 52.4 Å². The molecule has 0 aromatic carbocycles. The summed E-state index contributed by atoms with van der Waals surface area (Å²) in [5.74, 6) is 1.60. The molecule has 0 saturated carbocycles. The van der Waals surface area contributed by atoms with Crippen LogP contribution in [0.15, 0.2) is 0 Å². The zero-order chi connectivity index (χ0) is 14.5. The van der Waals surface area contributed by atoms with E-state index in [1.54, 1.807) is 0 Å². The summed E-state index contributed by atoms with van der Waals surface area (Å²) in [6.45, 7) is 12.7. The first kappa shape index (κ1) is 15.7. The van der Waals surface area contributed by atoms with Crippen LogP contribution in [0.3, 0.4) is 0 Å². The molecule has 5 heteroatoms. The van der Waals surface area contributed by atoms with Crippen LogP contribution in [0, 0.1) is 11.8 Å². The topological polar surface area (TPSA) is 52.8 Å². The quantitative estimate of drug-likeness (QED) is 0.793. The first-order valence-corrected chi connectivity index (χ1v) is 8.01. The second kappa shape index (κ2) is 7.38. The second-order valence-corrected chi connectivity index (χ2v) is 6.65. The molecule has 0 aromatic rings. The molecule has 2 saturated heterocycles. The third-order valence-electron chi connectivity index (χ3n) is 4.49. The predicted molar refractivity (Wildman–Crippen MR) is 81.5 cm³/mol. The summed E-state index contributed by atoms with van der Waals surface area (Å²) >= 11 is 0. The highest BCUT2D eigenvalue weighted by Gasteiger charge is 2.27. The molecule has 0 aliphatic carbocycles. The number of hydrogen-bond acceptors (Lipinski definition) is 4. The second-order valence-electron chi connectivity index (χ2n) is 6.65. The van der Waals surface area contributed by atoms with Gasteiger partial charge < -0.3 is 10.6 Å². The minimum absolute atomic E-state index is 0.315. The van der Waals surface area contributed by atoms with Crippen molar-refractivity contribution in [3.63, 3.8) is 0 Å². The van der Waals surface area contributed by atoms with Crippen molar-refractivity contribution in [2.45, 2.75) is 20.3 Å². The van der Waals surface area contributed by atoms with E-state index >= 15 is 0 Å². The minimum Gasteiger partial charge on any atom is -0.341 e. The van der Waals surface area contributed by atoms with Crippen molar-refractivity contribution in [3.05, 3.63) is 0 Å². The van der Waals surface area contributed by atoms with Crippen LogP contribution < -0.4 is 5.73 Å². The third kappa shape index (κ3) is 4.43. The lowest BCUT2D eigenvalue weighted by Crippen LogP contribution is -2.52. The number of likely N-dealkylation sites (tertiary alicyclic amines) is 1. The Bertz CT molecular complexity index is 305. The highest BCUT2D eigenvalue weighted by Crippen LogP contribution is 2.21. The van der Waals surface area contributed by atoms with Crippen molar-refractivity contribution in [1.82, 2.24) is 14.7 Å². The average Bonchev–Trinajstić information content (AvgIpc) is 2.40. The summed E-state index contributed by atoms with van der Waals surface area (Å²) in [4.78, 5) is 19.2. The lowest BCUT2D eigenvalue weighted by Gasteiger charge is -2.38. The Hall–Kier alpha value is -0.650. The molecule has 2 fully saturated rings. The van der Waals surface area contributed by atoms with E-state index in [1.807, 2.05) is 0 Å². The van der Waals surface area contributed by atoms with Crippen LogP contribution in [0.1, 0.15) is 20.3 Å². The van der Waals surface area contributed by atoms with Gasteiger partial charge in [-0.15, -0.1) is 0 Å². The van der Waals surface area contributed by atoms with E-state index in [9.17, 15) is 4.79 Å². The Labute approximate surface area is 123 Å². The molecule has 0 bridgehead atoms. The van der Waals surface area contributed by atoms with E-state index < -0.39 is 0 Å². The monoisotopic (exact) mass is 282 g/mol. The van der Waals surface area contributed by atoms with E-state index in [-0.39, 0.29) is 0 Å². The van der Waals surface area contributed by atoms with Gasteiger partial charge in [-0.3, -0.25) is 14.6 Å². The number of piperidine rings is 1. The van der Waals surface area contributed by atoms with Gasteiger partial charge in [0.05, 0.1) is 6.54 Å². The Kier molecular flexibility index (Phi) is 5.81. The molecule has 2 rings (SSSR count). The molecule has 0 spiro atoms. The van der Waals surface area contributed by atoms with Gasteiger partial charge in [-0.05, 0) is 18.3 Å². The van der Waals surface area contributed by atoms with Crippen molar-refractivity contribution in [1.29, 1.82) is 0 Å². The number of rotatable bonds is 4. The van der Waals surface area contributed by atoms with Crippen LogP contribution >= 0.6 is 0 Å². The molecule has 0 radical (unpaired) electrons. The molecule has 2 unspecified atom stereocenters. The van der Waals surface area contributed by atoms with Crippen LogP contribution in [0.5, 0.6) is 0 Å². The van der Waals surface area contributed by atoms with Gasteiger partial charge in [-0.2, -0.15) is 0 Å². The largest absolute Gasteiger partial charge is 0.341 e. The zero-order valence-electron chi connectivity index (χ0n) is 13.1. The maximum atomic E-state index is 12.4. The molecule has 20 heavy (non-hydrogen) atoms. The van der Waals surface area contributed by atoms with Crippen molar-refractivity contribution in [2.24, 2.45) is 17.6 Å². The van der Waals surface area contributed by atoms with E-state index in [0.717, 1.165) is 52.4 Å². The SMILES string of the molecule is CC1CC(C)CN(C(=O)CN2CCN(CCN)CC2)C1. The Balaban J connectivity index is 1.75. The van der Waals surface area contributed by atoms with Crippen LogP contribution in [0.25, 0.3) is 0 Å². The summed E-state index contributed by atoms with van der Waals surface area (Å²) in [6, 6.07) is 0. The van der Waals surface area contributed by atoms with E-state index in [0.29, 0.717) is 24.3 Å². The number of hydrogen-bond donors (Lipinski definition) is 1.